The third-order valence-electron chi connectivity index (χ3n) is 5.17. The highest BCUT2D eigenvalue weighted by molar-refractivity contribution is 7.89. The molecule has 9 heteroatoms. The lowest BCUT2D eigenvalue weighted by Gasteiger charge is -2.30. The first-order chi connectivity index (χ1) is 13.2. The summed E-state index contributed by atoms with van der Waals surface area (Å²) in [6, 6.07) is 4.99. The monoisotopic (exact) mass is 408 g/mol. The van der Waals surface area contributed by atoms with E-state index in [0.29, 0.717) is 30.6 Å². The molecule has 0 unspecified atom stereocenters. The molecule has 2 amide bonds. The van der Waals surface area contributed by atoms with E-state index in [9.17, 15) is 22.8 Å². The number of ether oxygens (including phenoxy) is 1. The van der Waals surface area contributed by atoms with Crippen LogP contribution in [0.5, 0.6) is 0 Å². The number of imide groups is 1. The lowest BCUT2D eigenvalue weighted by atomic mass is 9.98. The van der Waals surface area contributed by atoms with Crippen molar-refractivity contribution >= 4 is 27.8 Å². The van der Waals surface area contributed by atoms with Gasteiger partial charge in [-0.15, -0.1) is 0 Å². The van der Waals surface area contributed by atoms with E-state index in [4.69, 9.17) is 4.74 Å². The average molecular weight is 408 g/mol. The molecule has 0 atom stereocenters. The van der Waals surface area contributed by atoms with Crippen molar-refractivity contribution in [3.8, 4) is 0 Å². The number of fused-ring (bicyclic) bond motifs is 1. The average Bonchev–Trinajstić information content (AvgIpc) is 2.90. The molecule has 3 rings (SSSR count). The van der Waals surface area contributed by atoms with E-state index in [1.54, 1.807) is 25.1 Å². The van der Waals surface area contributed by atoms with Crippen molar-refractivity contribution in [1.82, 2.24) is 9.21 Å². The zero-order chi connectivity index (χ0) is 20.5. The van der Waals surface area contributed by atoms with Gasteiger partial charge in [-0.3, -0.25) is 19.3 Å². The highest BCUT2D eigenvalue weighted by Crippen LogP contribution is 2.25. The molecule has 0 bridgehead atoms. The summed E-state index contributed by atoms with van der Waals surface area (Å²) in [5.74, 6) is -1.83. The van der Waals surface area contributed by atoms with Gasteiger partial charge in [-0.1, -0.05) is 11.6 Å². The normalized spacial score (nSPS) is 18.4. The maximum absolute atomic E-state index is 12.6. The molecule has 1 aromatic rings. The molecule has 1 saturated heterocycles. The maximum Gasteiger partial charge on any atom is 0.309 e. The van der Waals surface area contributed by atoms with Gasteiger partial charge in [0.05, 0.1) is 29.4 Å². The van der Waals surface area contributed by atoms with Gasteiger partial charge in [0, 0.05) is 19.6 Å². The maximum atomic E-state index is 12.6. The summed E-state index contributed by atoms with van der Waals surface area (Å²) in [5.41, 5.74) is 1.49. The molecule has 1 aromatic carbocycles. The first-order valence-electron chi connectivity index (χ1n) is 9.36. The van der Waals surface area contributed by atoms with E-state index in [1.165, 1.54) is 4.31 Å². The minimum atomic E-state index is -3.64. The van der Waals surface area contributed by atoms with E-state index in [2.05, 4.69) is 0 Å². The zero-order valence-electron chi connectivity index (χ0n) is 16.0. The first kappa shape index (κ1) is 20.5. The Kier molecular flexibility index (Phi) is 5.85. The molecule has 0 aliphatic carbocycles. The van der Waals surface area contributed by atoms with E-state index in [-0.39, 0.29) is 37.3 Å². The van der Waals surface area contributed by atoms with Gasteiger partial charge >= 0.3 is 5.97 Å². The van der Waals surface area contributed by atoms with Gasteiger partial charge in [0.15, 0.2) is 0 Å². The summed E-state index contributed by atoms with van der Waals surface area (Å²) in [4.78, 5) is 37.7. The first-order valence-corrected chi connectivity index (χ1v) is 11.0. The minimum Gasteiger partial charge on any atom is -0.466 e. The van der Waals surface area contributed by atoms with Crippen LogP contribution in [0, 0.1) is 12.8 Å². The minimum absolute atomic E-state index is 0.189. The van der Waals surface area contributed by atoms with Crippen molar-refractivity contribution < 1.29 is 27.5 Å². The van der Waals surface area contributed by atoms with Gasteiger partial charge in [0.1, 0.15) is 0 Å². The predicted molar refractivity (Wildman–Crippen MR) is 101 cm³/mol. The van der Waals surface area contributed by atoms with Crippen molar-refractivity contribution in [2.45, 2.75) is 26.7 Å². The van der Waals surface area contributed by atoms with Crippen molar-refractivity contribution in [3.05, 3.63) is 34.9 Å². The molecule has 0 N–H and O–H groups in total. The zero-order valence-corrected chi connectivity index (χ0v) is 16.8. The van der Waals surface area contributed by atoms with Crippen molar-refractivity contribution in [2.24, 2.45) is 5.92 Å². The van der Waals surface area contributed by atoms with Crippen LogP contribution in [0.3, 0.4) is 0 Å². The van der Waals surface area contributed by atoms with Crippen LogP contribution in [-0.4, -0.2) is 67.4 Å². The summed E-state index contributed by atoms with van der Waals surface area (Å²) in [5, 5.41) is 0. The fourth-order valence-electron chi connectivity index (χ4n) is 3.57. The third kappa shape index (κ3) is 3.95. The number of benzene rings is 1. The Morgan fingerprint density at radius 1 is 1.14 bits per heavy atom. The number of carbonyl (C=O) groups excluding carboxylic acids is 3. The molecule has 8 nitrogen and oxygen atoms in total. The summed E-state index contributed by atoms with van der Waals surface area (Å²) >= 11 is 0. The van der Waals surface area contributed by atoms with Crippen LogP contribution in [0.25, 0.3) is 0 Å². The van der Waals surface area contributed by atoms with E-state index in [1.807, 2.05) is 6.92 Å². The Balaban J connectivity index is 1.60. The number of sulfonamides is 1. The van der Waals surface area contributed by atoms with Crippen molar-refractivity contribution in [2.75, 3.05) is 32.0 Å². The van der Waals surface area contributed by atoms with Crippen LogP contribution in [0.2, 0.25) is 0 Å². The van der Waals surface area contributed by atoms with E-state index >= 15 is 0 Å². The Bertz CT molecular complexity index is 903. The summed E-state index contributed by atoms with van der Waals surface area (Å²) in [6.07, 6.45) is 0.814. The SMILES string of the molecule is CCOC(=O)C1CCN(S(=O)(=O)CCN2C(=O)c3ccc(C)cc3C2=O)CC1. The second-order valence-corrected chi connectivity index (χ2v) is 9.14. The van der Waals surface area contributed by atoms with Gasteiger partial charge < -0.3 is 4.74 Å². The molecule has 2 aliphatic heterocycles. The number of piperidine rings is 1. The summed E-state index contributed by atoms with van der Waals surface area (Å²) in [6.45, 7) is 4.13. The molecule has 0 radical (unpaired) electrons. The molecule has 0 spiro atoms. The lowest BCUT2D eigenvalue weighted by molar-refractivity contribution is -0.149. The number of hydrogen-bond acceptors (Lipinski definition) is 6. The van der Waals surface area contributed by atoms with Crippen molar-refractivity contribution in [3.63, 3.8) is 0 Å². The Morgan fingerprint density at radius 3 is 2.43 bits per heavy atom. The number of hydrogen-bond donors (Lipinski definition) is 0. The summed E-state index contributed by atoms with van der Waals surface area (Å²) < 4.78 is 31.6. The fraction of sp³-hybridized carbons (Fsp3) is 0.526. The van der Waals surface area contributed by atoms with Crippen LogP contribution in [-0.2, 0) is 19.6 Å². The number of aryl methyl sites for hydroxylation is 1. The third-order valence-corrected chi connectivity index (χ3v) is 7.02. The van der Waals surface area contributed by atoms with E-state index < -0.39 is 21.8 Å². The Labute approximate surface area is 164 Å². The van der Waals surface area contributed by atoms with Gasteiger partial charge in [0.2, 0.25) is 10.0 Å². The smallest absolute Gasteiger partial charge is 0.309 e. The van der Waals surface area contributed by atoms with Crippen LogP contribution in [0.4, 0.5) is 0 Å². The molecule has 28 heavy (non-hydrogen) atoms. The highest BCUT2D eigenvalue weighted by Gasteiger charge is 2.37. The van der Waals surface area contributed by atoms with E-state index in [0.717, 1.165) is 10.5 Å². The largest absolute Gasteiger partial charge is 0.466 e. The molecule has 2 aliphatic rings. The second-order valence-electron chi connectivity index (χ2n) is 7.05. The van der Waals surface area contributed by atoms with Crippen LogP contribution in [0.1, 0.15) is 46.0 Å². The molecule has 0 saturated carbocycles. The molecule has 2 heterocycles. The number of nitrogens with zero attached hydrogens (tertiary/aromatic N) is 2. The number of rotatable bonds is 6. The standard InChI is InChI=1S/C19H24N2O6S/c1-3-27-19(24)14-6-8-20(9-7-14)28(25,26)11-10-21-17(22)15-5-4-13(2)12-16(15)18(21)23/h4-5,12,14H,3,6-11H2,1-2H3. The molecule has 1 fully saturated rings. The quantitative estimate of drug-likeness (QED) is 0.518. The Hall–Kier alpha value is -2.26. The molecular weight excluding hydrogens is 384 g/mol. The lowest BCUT2D eigenvalue weighted by Crippen LogP contribution is -2.44. The van der Waals surface area contributed by atoms with Crippen LogP contribution in [0.15, 0.2) is 18.2 Å². The Morgan fingerprint density at radius 2 is 1.79 bits per heavy atom. The van der Waals surface area contributed by atoms with Gasteiger partial charge in [-0.25, -0.2) is 12.7 Å². The highest BCUT2D eigenvalue weighted by atomic mass is 32.2. The molecule has 152 valence electrons. The molecule has 0 aromatic heterocycles. The fourth-order valence-corrected chi connectivity index (χ4v) is 5.01. The number of esters is 1. The predicted octanol–water partition coefficient (Wildman–Crippen LogP) is 1.20. The van der Waals surface area contributed by atoms with Gasteiger partial charge in [0.25, 0.3) is 11.8 Å². The van der Waals surface area contributed by atoms with Crippen LogP contribution < -0.4 is 0 Å². The topological polar surface area (TPSA) is 101 Å². The van der Waals surface area contributed by atoms with Crippen LogP contribution >= 0.6 is 0 Å². The van der Waals surface area contributed by atoms with Gasteiger partial charge in [-0.05, 0) is 38.8 Å². The number of carbonyl (C=O) groups is 3. The van der Waals surface area contributed by atoms with Crippen molar-refractivity contribution in [1.29, 1.82) is 0 Å². The summed E-state index contributed by atoms with van der Waals surface area (Å²) in [7, 11) is -3.64. The second kappa shape index (κ2) is 8.00. The molecular formula is C19H24N2O6S. The number of amides is 2. The van der Waals surface area contributed by atoms with Gasteiger partial charge in [-0.2, -0.15) is 0 Å².